The molecule has 4 heteroatoms. The van der Waals surface area contributed by atoms with Gasteiger partial charge >= 0.3 is 0 Å². The number of hydrogen-bond acceptors (Lipinski definition) is 2. The van der Waals surface area contributed by atoms with Gasteiger partial charge in [-0.1, -0.05) is 15.9 Å². The molecule has 0 saturated heterocycles. The van der Waals surface area contributed by atoms with Gasteiger partial charge in [0, 0.05) is 15.9 Å². The maximum Gasteiger partial charge on any atom is 0.230 e. The van der Waals surface area contributed by atoms with Crippen molar-refractivity contribution in [1.82, 2.24) is 5.32 Å². The van der Waals surface area contributed by atoms with Gasteiger partial charge in [-0.3, -0.25) is 4.79 Å². The number of halogens is 1. The van der Waals surface area contributed by atoms with E-state index in [9.17, 15) is 4.79 Å². The van der Waals surface area contributed by atoms with Crippen LogP contribution in [0, 0.1) is 5.92 Å². The molecule has 0 bridgehead atoms. The average Bonchev–Trinajstić information content (AvgIpc) is 3.09. The summed E-state index contributed by atoms with van der Waals surface area (Å²) in [7, 11) is 0. The highest BCUT2D eigenvalue weighted by Crippen LogP contribution is 2.27. The Balaban J connectivity index is 1.69. The van der Waals surface area contributed by atoms with Crippen LogP contribution in [-0.4, -0.2) is 18.2 Å². The first kappa shape index (κ1) is 12.0. The lowest BCUT2D eigenvalue weighted by Gasteiger charge is -2.04. The Hall–Kier alpha value is -0.480. The Morgan fingerprint density at radius 2 is 2.06 bits per heavy atom. The minimum Gasteiger partial charge on any atom is -0.355 e. The van der Waals surface area contributed by atoms with Gasteiger partial charge in [0.1, 0.15) is 0 Å². The van der Waals surface area contributed by atoms with Crippen LogP contribution >= 0.6 is 27.7 Å². The topological polar surface area (TPSA) is 29.1 Å². The quantitative estimate of drug-likeness (QED) is 0.847. The van der Waals surface area contributed by atoms with Crippen molar-refractivity contribution in [3.05, 3.63) is 28.7 Å². The van der Waals surface area contributed by atoms with E-state index in [0.29, 0.717) is 5.75 Å². The lowest BCUT2D eigenvalue weighted by atomic mass is 10.4. The SMILES string of the molecule is O=C(CSc1ccc(Br)cc1)NCC1CC1. The molecule has 0 atom stereocenters. The summed E-state index contributed by atoms with van der Waals surface area (Å²) in [5.41, 5.74) is 0. The van der Waals surface area contributed by atoms with Crippen LogP contribution in [0.15, 0.2) is 33.6 Å². The van der Waals surface area contributed by atoms with E-state index in [1.54, 1.807) is 11.8 Å². The summed E-state index contributed by atoms with van der Waals surface area (Å²) >= 11 is 4.96. The highest BCUT2D eigenvalue weighted by atomic mass is 79.9. The van der Waals surface area contributed by atoms with Crippen molar-refractivity contribution in [1.29, 1.82) is 0 Å². The molecule has 1 aliphatic rings. The van der Waals surface area contributed by atoms with E-state index in [0.717, 1.165) is 21.8 Å². The number of carbonyl (C=O) groups is 1. The second-order valence-electron chi connectivity index (χ2n) is 3.99. The van der Waals surface area contributed by atoms with E-state index in [2.05, 4.69) is 21.2 Å². The smallest absolute Gasteiger partial charge is 0.230 e. The summed E-state index contributed by atoms with van der Waals surface area (Å²) in [6.45, 7) is 0.861. The van der Waals surface area contributed by atoms with Crippen molar-refractivity contribution in [2.75, 3.05) is 12.3 Å². The normalized spacial score (nSPS) is 14.8. The van der Waals surface area contributed by atoms with Crippen molar-refractivity contribution in [3.8, 4) is 0 Å². The maximum atomic E-state index is 11.5. The summed E-state index contributed by atoms with van der Waals surface area (Å²) in [6.07, 6.45) is 2.56. The first-order valence-electron chi connectivity index (χ1n) is 5.39. The van der Waals surface area contributed by atoms with Gasteiger partial charge in [0.2, 0.25) is 5.91 Å². The second-order valence-corrected chi connectivity index (χ2v) is 5.95. The van der Waals surface area contributed by atoms with E-state index in [1.165, 1.54) is 12.8 Å². The lowest BCUT2D eigenvalue weighted by Crippen LogP contribution is -2.27. The summed E-state index contributed by atoms with van der Waals surface area (Å²) in [4.78, 5) is 12.6. The number of rotatable bonds is 5. The number of thioether (sulfide) groups is 1. The number of carbonyl (C=O) groups excluding carboxylic acids is 1. The van der Waals surface area contributed by atoms with Crippen LogP contribution in [-0.2, 0) is 4.79 Å². The molecule has 0 radical (unpaired) electrons. The summed E-state index contributed by atoms with van der Waals surface area (Å²) in [5.74, 6) is 1.40. The molecule has 1 saturated carbocycles. The second kappa shape index (κ2) is 5.73. The molecule has 0 unspecified atom stereocenters. The van der Waals surface area contributed by atoms with Gasteiger partial charge in [-0.25, -0.2) is 0 Å². The molecule has 2 nitrogen and oxygen atoms in total. The number of hydrogen-bond donors (Lipinski definition) is 1. The average molecular weight is 300 g/mol. The molecule has 1 aromatic carbocycles. The van der Waals surface area contributed by atoms with Gasteiger partial charge in [-0.05, 0) is 43.0 Å². The van der Waals surface area contributed by atoms with Gasteiger partial charge in [-0.15, -0.1) is 11.8 Å². The minimum atomic E-state index is 0.139. The molecule has 0 spiro atoms. The van der Waals surface area contributed by atoms with Crippen LogP contribution < -0.4 is 5.32 Å². The third-order valence-corrected chi connectivity index (χ3v) is 4.01. The zero-order valence-electron chi connectivity index (χ0n) is 8.91. The first-order valence-corrected chi connectivity index (χ1v) is 7.17. The third-order valence-electron chi connectivity index (χ3n) is 2.47. The summed E-state index contributed by atoms with van der Waals surface area (Å²) in [5, 5.41) is 2.96. The van der Waals surface area contributed by atoms with Crippen molar-refractivity contribution >= 4 is 33.6 Å². The molecule has 16 heavy (non-hydrogen) atoms. The lowest BCUT2D eigenvalue weighted by molar-refractivity contribution is -0.118. The highest BCUT2D eigenvalue weighted by molar-refractivity contribution is 9.10. The standard InChI is InChI=1S/C12H14BrNOS/c13-10-3-5-11(6-4-10)16-8-12(15)14-7-9-1-2-9/h3-6,9H,1-2,7-8H2,(H,14,15). The molecule has 0 aliphatic heterocycles. The zero-order chi connectivity index (χ0) is 11.4. The van der Waals surface area contributed by atoms with Crippen LogP contribution in [0.25, 0.3) is 0 Å². The number of benzene rings is 1. The monoisotopic (exact) mass is 299 g/mol. The molecular weight excluding hydrogens is 286 g/mol. The predicted octanol–water partition coefficient (Wildman–Crippen LogP) is 3.07. The van der Waals surface area contributed by atoms with E-state index in [1.807, 2.05) is 24.3 Å². The molecule has 1 aliphatic carbocycles. The molecule has 86 valence electrons. The largest absolute Gasteiger partial charge is 0.355 e. The Bertz CT molecular complexity index is 362. The van der Waals surface area contributed by atoms with E-state index >= 15 is 0 Å². The van der Waals surface area contributed by atoms with Gasteiger partial charge < -0.3 is 5.32 Å². The van der Waals surface area contributed by atoms with Crippen LogP contribution in [0.5, 0.6) is 0 Å². The van der Waals surface area contributed by atoms with E-state index in [4.69, 9.17) is 0 Å². The van der Waals surface area contributed by atoms with Gasteiger partial charge in [0.05, 0.1) is 5.75 Å². The fourth-order valence-electron chi connectivity index (χ4n) is 1.31. The van der Waals surface area contributed by atoms with Crippen LogP contribution in [0.1, 0.15) is 12.8 Å². The van der Waals surface area contributed by atoms with Crippen molar-refractivity contribution < 1.29 is 4.79 Å². The highest BCUT2D eigenvalue weighted by Gasteiger charge is 2.21. The Morgan fingerprint density at radius 1 is 1.38 bits per heavy atom. The molecule has 0 aromatic heterocycles. The van der Waals surface area contributed by atoms with Gasteiger partial charge in [0.15, 0.2) is 0 Å². The zero-order valence-corrected chi connectivity index (χ0v) is 11.3. The molecule has 0 heterocycles. The molecule has 1 amide bonds. The van der Waals surface area contributed by atoms with Crippen molar-refractivity contribution in [2.45, 2.75) is 17.7 Å². The molecule has 1 N–H and O–H groups in total. The molecular formula is C12H14BrNOS. The van der Waals surface area contributed by atoms with E-state index < -0.39 is 0 Å². The number of nitrogens with one attached hydrogen (secondary N) is 1. The number of amides is 1. The van der Waals surface area contributed by atoms with Gasteiger partial charge in [-0.2, -0.15) is 0 Å². The molecule has 2 rings (SSSR count). The summed E-state index contributed by atoms with van der Waals surface area (Å²) in [6, 6.07) is 8.01. The third kappa shape index (κ3) is 4.18. The molecule has 1 aromatic rings. The van der Waals surface area contributed by atoms with Crippen molar-refractivity contribution in [2.24, 2.45) is 5.92 Å². The fourth-order valence-corrected chi connectivity index (χ4v) is 2.30. The van der Waals surface area contributed by atoms with Crippen LogP contribution in [0.2, 0.25) is 0 Å². The van der Waals surface area contributed by atoms with Crippen molar-refractivity contribution in [3.63, 3.8) is 0 Å². The predicted molar refractivity (Wildman–Crippen MR) is 70.6 cm³/mol. The Morgan fingerprint density at radius 3 is 2.69 bits per heavy atom. The van der Waals surface area contributed by atoms with Crippen LogP contribution in [0.3, 0.4) is 0 Å². The van der Waals surface area contributed by atoms with E-state index in [-0.39, 0.29) is 5.91 Å². The van der Waals surface area contributed by atoms with Crippen LogP contribution in [0.4, 0.5) is 0 Å². The summed E-state index contributed by atoms with van der Waals surface area (Å²) < 4.78 is 1.06. The first-order chi connectivity index (χ1) is 7.74. The fraction of sp³-hybridized carbons (Fsp3) is 0.417. The van der Waals surface area contributed by atoms with Gasteiger partial charge in [0.25, 0.3) is 0 Å². The Kier molecular flexibility index (Phi) is 4.29. The maximum absolute atomic E-state index is 11.5. The molecule has 1 fully saturated rings. The Labute approximate surface area is 108 Å². The minimum absolute atomic E-state index is 0.139.